The van der Waals surface area contributed by atoms with Gasteiger partial charge in [0.05, 0.1) is 4.88 Å². The molecule has 2 heterocycles. The molecule has 0 saturated heterocycles. The Morgan fingerprint density at radius 1 is 1.56 bits per heavy atom. The summed E-state index contributed by atoms with van der Waals surface area (Å²) < 4.78 is 1.50. The van der Waals surface area contributed by atoms with Gasteiger partial charge in [0.15, 0.2) is 5.82 Å². The van der Waals surface area contributed by atoms with Crippen LogP contribution in [0.25, 0.3) is 0 Å². The molecule has 0 aliphatic rings. The Bertz CT molecular complexity index is 628. The van der Waals surface area contributed by atoms with E-state index in [1.165, 1.54) is 16.0 Å². The van der Waals surface area contributed by atoms with Gasteiger partial charge in [0.25, 0.3) is 5.91 Å². The number of thiophene rings is 1. The van der Waals surface area contributed by atoms with Crippen LogP contribution in [0.3, 0.4) is 0 Å². The van der Waals surface area contributed by atoms with E-state index in [1.54, 1.807) is 13.2 Å². The van der Waals surface area contributed by atoms with Crippen molar-refractivity contribution in [2.24, 2.45) is 7.05 Å². The van der Waals surface area contributed by atoms with Gasteiger partial charge in [0.1, 0.15) is 11.6 Å². The second-order valence-electron chi connectivity index (χ2n) is 3.98. The fraction of sp³-hybridized carbons (Fsp3) is 0.250. The highest BCUT2D eigenvalue weighted by Crippen LogP contribution is 2.22. The summed E-state index contributed by atoms with van der Waals surface area (Å²) >= 11 is 1.43. The molecule has 6 heteroatoms. The SMILES string of the molecule is Cc1cc(C(=O)Nc2nn(C)cc2C#N)sc1C. The summed E-state index contributed by atoms with van der Waals surface area (Å²) in [6, 6.07) is 3.83. The number of carbonyl (C=O) groups excluding carboxylic acids is 1. The predicted molar refractivity (Wildman–Crippen MR) is 69.7 cm³/mol. The van der Waals surface area contributed by atoms with E-state index in [4.69, 9.17) is 5.26 Å². The second-order valence-corrected chi connectivity index (χ2v) is 5.24. The molecule has 0 fully saturated rings. The van der Waals surface area contributed by atoms with Crippen LogP contribution in [0, 0.1) is 25.2 Å². The average molecular weight is 260 g/mol. The highest BCUT2D eigenvalue weighted by molar-refractivity contribution is 7.14. The van der Waals surface area contributed by atoms with Crippen molar-refractivity contribution in [2.75, 3.05) is 5.32 Å². The standard InChI is InChI=1S/C12H12N4OS/c1-7-4-10(18-8(7)2)12(17)14-11-9(5-13)6-16(3)15-11/h4,6H,1-3H3,(H,14,15,17). The van der Waals surface area contributed by atoms with Crippen molar-refractivity contribution in [3.8, 4) is 6.07 Å². The topological polar surface area (TPSA) is 70.7 Å². The first kappa shape index (κ1) is 12.3. The lowest BCUT2D eigenvalue weighted by Crippen LogP contribution is -2.11. The molecule has 1 amide bonds. The molecule has 0 spiro atoms. The summed E-state index contributed by atoms with van der Waals surface area (Å²) in [5.41, 5.74) is 1.45. The molecule has 5 nitrogen and oxygen atoms in total. The summed E-state index contributed by atoms with van der Waals surface area (Å²) in [5, 5.41) is 15.6. The second kappa shape index (κ2) is 4.63. The first-order valence-electron chi connectivity index (χ1n) is 5.33. The van der Waals surface area contributed by atoms with Gasteiger partial charge in [-0.2, -0.15) is 10.4 Å². The molecule has 0 saturated carbocycles. The quantitative estimate of drug-likeness (QED) is 0.900. The van der Waals surface area contributed by atoms with Crippen LogP contribution in [0.4, 0.5) is 5.82 Å². The molecule has 0 aliphatic heterocycles. The molecular formula is C12H12N4OS. The van der Waals surface area contributed by atoms with Gasteiger partial charge in [-0.05, 0) is 25.5 Å². The van der Waals surface area contributed by atoms with E-state index in [2.05, 4.69) is 10.4 Å². The van der Waals surface area contributed by atoms with E-state index in [9.17, 15) is 4.79 Å². The summed E-state index contributed by atoms with van der Waals surface area (Å²) in [6.45, 7) is 3.93. The van der Waals surface area contributed by atoms with Crippen LogP contribution in [0.2, 0.25) is 0 Å². The Balaban J connectivity index is 2.24. The molecule has 0 aliphatic carbocycles. The molecule has 18 heavy (non-hydrogen) atoms. The number of nitrogens with one attached hydrogen (secondary N) is 1. The first-order valence-corrected chi connectivity index (χ1v) is 6.15. The van der Waals surface area contributed by atoms with Crippen molar-refractivity contribution in [1.29, 1.82) is 5.26 Å². The maximum absolute atomic E-state index is 12.0. The number of nitriles is 1. The summed E-state index contributed by atoms with van der Waals surface area (Å²) in [6.07, 6.45) is 1.57. The number of rotatable bonds is 2. The van der Waals surface area contributed by atoms with Gasteiger partial charge in [-0.15, -0.1) is 11.3 Å². The predicted octanol–water partition coefficient (Wildman–Crippen LogP) is 2.22. The maximum atomic E-state index is 12.0. The van der Waals surface area contributed by atoms with Gasteiger partial charge in [0.2, 0.25) is 0 Å². The minimum Gasteiger partial charge on any atom is -0.303 e. The summed E-state index contributed by atoms with van der Waals surface area (Å²) in [5.74, 6) is 0.0695. The number of aryl methyl sites for hydroxylation is 3. The van der Waals surface area contributed by atoms with Crippen LogP contribution in [0.15, 0.2) is 12.3 Å². The van der Waals surface area contributed by atoms with Crippen LogP contribution in [0.1, 0.15) is 25.7 Å². The number of anilines is 1. The molecule has 92 valence electrons. The Kier molecular flexibility index (Phi) is 3.17. The molecule has 0 bridgehead atoms. The first-order chi connectivity index (χ1) is 8.51. The molecule has 0 aromatic carbocycles. The molecule has 0 unspecified atom stereocenters. The molecule has 2 rings (SSSR count). The number of amides is 1. The van der Waals surface area contributed by atoms with Crippen LogP contribution < -0.4 is 5.32 Å². The minimum atomic E-state index is -0.230. The van der Waals surface area contributed by atoms with E-state index in [1.807, 2.05) is 26.0 Å². The zero-order chi connectivity index (χ0) is 13.3. The lowest BCUT2D eigenvalue weighted by atomic mass is 10.3. The third kappa shape index (κ3) is 2.26. The molecule has 0 radical (unpaired) electrons. The fourth-order valence-electron chi connectivity index (χ4n) is 1.52. The number of carbonyl (C=O) groups is 1. The highest BCUT2D eigenvalue weighted by atomic mass is 32.1. The van der Waals surface area contributed by atoms with Crippen molar-refractivity contribution < 1.29 is 4.79 Å². The van der Waals surface area contributed by atoms with Gasteiger partial charge < -0.3 is 5.32 Å². The van der Waals surface area contributed by atoms with Crippen molar-refractivity contribution in [1.82, 2.24) is 9.78 Å². The number of hydrogen-bond acceptors (Lipinski definition) is 4. The fourth-order valence-corrected chi connectivity index (χ4v) is 2.45. The average Bonchev–Trinajstić information content (AvgIpc) is 2.83. The van der Waals surface area contributed by atoms with Gasteiger partial charge in [0, 0.05) is 18.1 Å². The van der Waals surface area contributed by atoms with Gasteiger partial charge in [-0.3, -0.25) is 9.48 Å². The lowest BCUT2D eigenvalue weighted by Gasteiger charge is -1.99. The highest BCUT2D eigenvalue weighted by Gasteiger charge is 2.14. The van der Waals surface area contributed by atoms with Gasteiger partial charge in [-0.25, -0.2) is 0 Å². The van der Waals surface area contributed by atoms with Crippen LogP contribution in [-0.4, -0.2) is 15.7 Å². The third-order valence-electron chi connectivity index (χ3n) is 2.57. The van der Waals surface area contributed by atoms with Gasteiger partial charge in [-0.1, -0.05) is 0 Å². The maximum Gasteiger partial charge on any atom is 0.266 e. The summed E-state index contributed by atoms with van der Waals surface area (Å²) in [7, 11) is 1.70. The van der Waals surface area contributed by atoms with E-state index in [0.717, 1.165) is 10.4 Å². The van der Waals surface area contributed by atoms with Crippen molar-refractivity contribution in [2.45, 2.75) is 13.8 Å². The van der Waals surface area contributed by atoms with Crippen LogP contribution in [-0.2, 0) is 7.05 Å². The largest absolute Gasteiger partial charge is 0.303 e. The zero-order valence-electron chi connectivity index (χ0n) is 10.3. The van der Waals surface area contributed by atoms with Crippen molar-refractivity contribution in [3.05, 3.63) is 33.1 Å². The Labute approximate surface area is 109 Å². The van der Waals surface area contributed by atoms with E-state index in [0.29, 0.717) is 16.3 Å². The smallest absolute Gasteiger partial charge is 0.266 e. The van der Waals surface area contributed by atoms with E-state index in [-0.39, 0.29) is 5.91 Å². The van der Waals surface area contributed by atoms with E-state index >= 15 is 0 Å². The van der Waals surface area contributed by atoms with Crippen LogP contribution in [0.5, 0.6) is 0 Å². The zero-order valence-corrected chi connectivity index (χ0v) is 11.1. The number of hydrogen-bond donors (Lipinski definition) is 1. The summed E-state index contributed by atoms with van der Waals surface area (Å²) in [4.78, 5) is 13.7. The Hall–Kier alpha value is -2.13. The number of aromatic nitrogens is 2. The van der Waals surface area contributed by atoms with E-state index < -0.39 is 0 Å². The molecule has 0 atom stereocenters. The molecule has 1 N–H and O–H groups in total. The molecular weight excluding hydrogens is 248 g/mol. The van der Waals surface area contributed by atoms with Crippen molar-refractivity contribution >= 4 is 23.1 Å². The van der Waals surface area contributed by atoms with Crippen LogP contribution >= 0.6 is 11.3 Å². The Morgan fingerprint density at radius 3 is 2.83 bits per heavy atom. The third-order valence-corrected chi connectivity index (χ3v) is 3.72. The monoisotopic (exact) mass is 260 g/mol. The van der Waals surface area contributed by atoms with Gasteiger partial charge >= 0.3 is 0 Å². The Morgan fingerprint density at radius 2 is 2.28 bits per heavy atom. The molecule has 2 aromatic heterocycles. The minimum absolute atomic E-state index is 0.230. The molecule has 2 aromatic rings. The lowest BCUT2D eigenvalue weighted by molar-refractivity contribution is 0.103. The number of nitrogens with zero attached hydrogens (tertiary/aromatic N) is 3. The van der Waals surface area contributed by atoms with Crippen molar-refractivity contribution in [3.63, 3.8) is 0 Å². The normalized spacial score (nSPS) is 10.1.